The summed E-state index contributed by atoms with van der Waals surface area (Å²) in [6.07, 6.45) is 6.56. The van der Waals surface area contributed by atoms with Crippen LogP contribution in [-0.4, -0.2) is 20.2 Å². The number of anilines is 1. The topological polar surface area (TPSA) is 69.6 Å². The summed E-state index contributed by atoms with van der Waals surface area (Å²) in [5.74, 6) is -1.16. The third-order valence-electron chi connectivity index (χ3n) is 3.99. The molecule has 1 fully saturated rings. The van der Waals surface area contributed by atoms with Gasteiger partial charge in [-0.25, -0.2) is 13.5 Å². The Kier molecular flexibility index (Phi) is 3.81. The number of nitrogens with two attached hydrogens (primary N) is 1. The van der Waals surface area contributed by atoms with E-state index in [0.29, 0.717) is 5.82 Å². The number of nitrogens with zero attached hydrogens (tertiary/aromatic N) is 4. The lowest BCUT2D eigenvalue weighted by Gasteiger charge is -2.16. The van der Waals surface area contributed by atoms with Gasteiger partial charge in [-0.2, -0.15) is 0 Å². The molecule has 2 N–H and O–H groups in total. The van der Waals surface area contributed by atoms with E-state index >= 15 is 0 Å². The lowest BCUT2D eigenvalue weighted by atomic mass is 10.1. The molecule has 1 aromatic carbocycles. The maximum Gasteiger partial charge on any atom is 0.185 e. The molecule has 0 aliphatic heterocycles. The van der Waals surface area contributed by atoms with Gasteiger partial charge in [-0.15, -0.1) is 5.10 Å². The summed E-state index contributed by atoms with van der Waals surface area (Å²) in [7, 11) is 0. The van der Waals surface area contributed by atoms with Crippen LogP contribution in [0.5, 0.6) is 0 Å². The lowest BCUT2D eigenvalue weighted by molar-refractivity contribution is 0.399. The van der Waals surface area contributed by atoms with Crippen LogP contribution in [0.4, 0.5) is 14.5 Å². The Hall–Kier alpha value is -2.05. The molecule has 0 bridgehead atoms. The van der Waals surface area contributed by atoms with E-state index in [1.807, 2.05) is 0 Å². The van der Waals surface area contributed by atoms with E-state index in [-0.39, 0.29) is 17.3 Å². The second-order valence-electron chi connectivity index (χ2n) is 5.45. The number of tetrazole rings is 1. The van der Waals surface area contributed by atoms with Crippen LogP contribution < -0.4 is 5.73 Å². The van der Waals surface area contributed by atoms with Crippen LogP contribution in [-0.2, 0) is 0 Å². The van der Waals surface area contributed by atoms with E-state index in [1.165, 1.54) is 18.9 Å². The van der Waals surface area contributed by atoms with Crippen LogP contribution in [0.15, 0.2) is 12.1 Å². The van der Waals surface area contributed by atoms with Crippen molar-refractivity contribution in [3.05, 3.63) is 23.8 Å². The molecule has 0 saturated heterocycles. The van der Waals surface area contributed by atoms with E-state index < -0.39 is 11.6 Å². The molecule has 1 heterocycles. The summed E-state index contributed by atoms with van der Waals surface area (Å²) < 4.78 is 29.0. The molecule has 5 nitrogen and oxygen atoms in total. The summed E-state index contributed by atoms with van der Waals surface area (Å²) in [4.78, 5) is 0. The minimum atomic E-state index is -0.773. The number of hydrogen-bond acceptors (Lipinski definition) is 4. The van der Waals surface area contributed by atoms with Gasteiger partial charge in [0.1, 0.15) is 11.6 Å². The Labute approximate surface area is 121 Å². The van der Waals surface area contributed by atoms with Crippen molar-refractivity contribution >= 4 is 5.69 Å². The molecule has 112 valence electrons. The molecule has 1 aliphatic rings. The highest BCUT2D eigenvalue weighted by molar-refractivity contribution is 5.62. The SMILES string of the molecule is Nc1cc(-c2nnnn2C2CCCCCC2)c(F)cc1F. The molecule has 0 radical (unpaired) electrons. The minimum absolute atomic E-state index is 0.109. The fourth-order valence-electron chi connectivity index (χ4n) is 2.86. The molecular weight excluding hydrogens is 276 g/mol. The zero-order chi connectivity index (χ0) is 14.8. The van der Waals surface area contributed by atoms with Gasteiger partial charge >= 0.3 is 0 Å². The molecule has 1 aromatic heterocycles. The zero-order valence-electron chi connectivity index (χ0n) is 11.6. The fourth-order valence-corrected chi connectivity index (χ4v) is 2.86. The quantitative estimate of drug-likeness (QED) is 0.682. The van der Waals surface area contributed by atoms with Gasteiger partial charge in [0.15, 0.2) is 5.82 Å². The highest BCUT2D eigenvalue weighted by Gasteiger charge is 2.22. The van der Waals surface area contributed by atoms with Crippen molar-refractivity contribution in [2.45, 2.75) is 44.6 Å². The minimum Gasteiger partial charge on any atom is -0.396 e. The second-order valence-corrected chi connectivity index (χ2v) is 5.45. The van der Waals surface area contributed by atoms with Gasteiger partial charge in [-0.3, -0.25) is 0 Å². The Morgan fingerprint density at radius 3 is 2.48 bits per heavy atom. The Morgan fingerprint density at radius 1 is 1.05 bits per heavy atom. The second kappa shape index (κ2) is 5.75. The van der Waals surface area contributed by atoms with Crippen LogP contribution in [0.1, 0.15) is 44.6 Å². The van der Waals surface area contributed by atoms with Crippen LogP contribution >= 0.6 is 0 Å². The first-order valence-corrected chi connectivity index (χ1v) is 7.19. The first kappa shape index (κ1) is 13.9. The van der Waals surface area contributed by atoms with Crippen molar-refractivity contribution in [1.29, 1.82) is 0 Å². The van der Waals surface area contributed by atoms with Crippen LogP contribution in [0.3, 0.4) is 0 Å². The monoisotopic (exact) mass is 293 g/mol. The van der Waals surface area contributed by atoms with Crippen molar-refractivity contribution < 1.29 is 8.78 Å². The molecule has 1 saturated carbocycles. The molecule has 3 rings (SSSR count). The maximum atomic E-state index is 14.0. The predicted octanol–water partition coefficient (Wildman–Crippen LogP) is 3.10. The van der Waals surface area contributed by atoms with Crippen molar-refractivity contribution in [2.24, 2.45) is 0 Å². The summed E-state index contributed by atoms with van der Waals surface area (Å²) in [6, 6.07) is 2.18. The summed E-state index contributed by atoms with van der Waals surface area (Å²) in [5.41, 5.74) is 5.56. The van der Waals surface area contributed by atoms with Gasteiger partial charge in [-0.1, -0.05) is 25.7 Å². The van der Waals surface area contributed by atoms with Gasteiger partial charge in [0, 0.05) is 6.07 Å². The predicted molar refractivity (Wildman–Crippen MR) is 74.3 cm³/mol. The molecule has 1 aliphatic carbocycles. The lowest BCUT2D eigenvalue weighted by Crippen LogP contribution is -2.12. The summed E-state index contributed by atoms with van der Waals surface area (Å²) in [5, 5.41) is 11.6. The molecular formula is C14H17F2N5. The van der Waals surface area contributed by atoms with E-state index in [9.17, 15) is 8.78 Å². The maximum absolute atomic E-state index is 14.0. The zero-order valence-corrected chi connectivity index (χ0v) is 11.6. The van der Waals surface area contributed by atoms with Gasteiger partial charge in [0.25, 0.3) is 0 Å². The normalized spacial score (nSPS) is 16.9. The molecule has 7 heteroatoms. The standard InChI is InChI=1S/C14H17F2N5/c15-11-8-12(16)13(17)7-10(11)14-18-19-20-21(14)9-5-3-1-2-4-6-9/h7-9H,1-6,17H2. The van der Waals surface area contributed by atoms with Crippen LogP contribution in [0.25, 0.3) is 11.4 Å². The molecule has 0 unspecified atom stereocenters. The number of rotatable bonds is 2. The Bertz CT molecular complexity index is 632. The number of halogens is 2. The van der Waals surface area contributed by atoms with Crippen molar-refractivity contribution in [1.82, 2.24) is 20.2 Å². The van der Waals surface area contributed by atoms with E-state index in [2.05, 4.69) is 15.5 Å². The highest BCUT2D eigenvalue weighted by Crippen LogP contribution is 2.31. The Balaban J connectivity index is 2.00. The number of hydrogen-bond donors (Lipinski definition) is 1. The van der Waals surface area contributed by atoms with Gasteiger partial charge in [-0.05, 0) is 29.3 Å². The summed E-state index contributed by atoms with van der Waals surface area (Å²) >= 11 is 0. The molecule has 0 amide bonds. The third kappa shape index (κ3) is 2.72. The highest BCUT2D eigenvalue weighted by atomic mass is 19.1. The average Bonchev–Trinajstić information content (AvgIpc) is 2.77. The Morgan fingerprint density at radius 2 is 1.76 bits per heavy atom. The van der Waals surface area contributed by atoms with Gasteiger partial charge < -0.3 is 5.73 Å². The number of aromatic nitrogens is 4. The number of benzene rings is 1. The smallest absolute Gasteiger partial charge is 0.185 e. The largest absolute Gasteiger partial charge is 0.396 e. The van der Waals surface area contributed by atoms with Crippen molar-refractivity contribution in [3.8, 4) is 11.4 Å². The molecule has 21 heavy (non-hydrogen) atoms. The van der Waals surface area contributed by atoms with Crippen molar-refractivity contribution in [3.63, 3.8) is 0 Å². The molecule has 0 atom stereocenters. The molecule has 0 spiro atoms. The average molecular weight is 293 g/mol. The third-order valence-corrected chi connectivity index (χ3v) is 3.99. The van der Waals surface area contributed by atoms with E-state index in [0.717, 1.165) is 31.7 Å². The van der Waals surface area contributed by atoms with Crippen LogP contribution in [0.2, 0.25) is 0 Å². The van der Waals surface area contributed by atoms with Crippen LogP contribution in [0, 0.1) is 11.6 Å². The first-order valence-electron chi connectivity index (χ1n) is 7.19. The first-order chi connectivity index (χ1) is 10.2. The summed E-state index contributed by atoms with van der Waals surface area (Å²) in [6.45, 7) is 0. The van der Waals surface area contributed by atoms with Gasteiger partial charge in [0.2, 0.25) is 0 Å². The van der Waals surface area contributed by atoms with E-state index in [4.69, 9.17) is 5.73 Å². The number of nitrogen functional groups attached to an aromatic ring is 1. The molecule has 2 aromatic rings. The fraction of sp³-hybridized carbons (Fsp3) is 0.500. The van der Waals surface area contributed by atoms with Crippen molar-refractivity contribution in [2.75, 3.05) is 5.73 Å². The van der Waals surface area contributed by atoms with E-state index in [1.54, 1.807) is 4.68 Å². The van der Waals surface area contributed by atoms with Gasteiger partial charge in [0.05, 0.1) is 17.3 Å².